The molecule has 4 amide bonds. The predicted octanol–water partition coefficient (Wildman–Crippen LogP) is 3.63. The molecule has 3 heterocycles. The fourth-order valence-electron chi connectivity index (χ4n) is 7.00. The third kappa shape index (κ3) is 13.9. The van der Waals surface area contributed by atoms with Crippen LogP contribution in [0.1, 0.15) is 44.7 Å². The molecule has 22 heteroatoms. The number of carbonyl (C=O) groups is 4. The van der Waals surface area contributed by atoms with Gasteiger partial charge in [0.15, 0.2) is 0 Å². The molecule has 4 N–H and O–H groups in total. The Labute approximate surface area is 400 Å². The quantitative estimate of drug-likeness (QED) is 0.0380. The van der Waals surface area contributed by atoms with Gasteiger partial charge < -0.3 is 39.1 Å². The zero-order valence-electron chi connectivity index (χ0n) is 36.9. The number of rotatable bonds is 27. The maximum Gasteiger partial charge on any atom is 0.266 e. The minimum atomic E-state index is -4.07. The number of amides is 4. The Morgan fingerprint density at radius 3 is 2.03 bits per heavy atom. The minimum absolute atomic E-state index is 0.0127. The van der Waals surface area contributed by atoms with E-state index in [1.807, 2.05) is 22.6 Å². The number of fused-ring (bicyclic) bond motifs is 1. The van der Waals surface area contributed by atoms with Crippen molar-refractivity contribution in [3.8, 4) is 5.75 Å². The largest absolute Gasteiger partial charge is 0.490 e. The van der Waals surface area contributed by atoms with Crippen LogP contribution < -0.4 is 31.0 Å². The number of imide groups is 2. The third-order valence-corrected chi connectivity index (χ3v) is 12.5. The van der Waals surface area contributed by atoms with E-state index in [0.717, 1.165) is 10.5 Å². The van der Waals surface area contributed by atoms with Crippen molar-refractivity contribution in [1.82, 2.24) is 20.1 Å². The Hall–Kier alpha value is -5.34. The second kappa shape index (κ2) is 24.6. The summed E-state index contributed by atoms with van der Waals surface area (Å²) < 4.78 is 79.4. The molecule has 67 heavy (non-hydrogen) atoms. The highest BCUT2D eigenvalue weighted by molar-refractivity contribution is 14.1. The number of aromatic nitrogens is 1. The van der Waals surface area contributed by atoms with Gasteiger partial charge in [-0.1, -0.05) is 18.2 Å². The Kier molecular flexibility index (Phi) is 18.8. The molecule has 0 aliphatic carbocycles. The van der Waals surface area contributed by atoms with Gasteiger partial charge in [0.25, 0.3) is 27.4 Å². The molecule has 360 valence electrons. The predicted molar refractivity (Wildman–Crippen MR) is 250 cm³/mol. The zero-order valence-corrected chi connectivity index (χ0v) is 39.9. The van der Waals surface area contributed by atoms with E-state index in [1.165, 1.54) is 48.0 Å². The molecule has 4 aromatic rings. The van der Waals surface area contributed by atoms with E-state index < -0.39 is 45.5 Å². The lowest BCUT2D eigenvalue weighted by molar-refractivity contribution is -0.136. The maximum absolute atomic E-state index is 14.7. The monoisotopic (exact) mass is 1060 g/mol. The number of hydrogen-bond acceptors (Lipinski definition) is 15. The number of nitrogens with zero attached hydrogens (tertiary/aromatic N) is 2. The summed E-state index contributed by atoms with van der Waals surface area (Å²) in [6, 6.07) is 15.9. The summed E-state index contributed by atoms with van der Waals surface area (Å²) in [5, 5.41) is 8.29. The van der Waals surface area contributed by atoms with Gasteiger partial charge in [-0.3, -0.25) is 43.5 Å². The molecular formula is C45H52FIN6O13S. The Bertz CT molecular complexity index is 2580. The number of ether oxygens (including phenoxy) is 6. The number of halogens is 2. The summed E-state index contributed by atoms with van der Waals surface area (Å²) in [5.74, 6) is -2.62. The van der Waals surface area contributed by atoms with E-state index in [9.17, 15) is 36.8 Å². The number of aryl methyl sites for hydroxylation is 1. The van der Waals surface area contributed by atoms with Gasteiger partial charge in [-0.15, -0.1) is 0 Å². The first-order valence-electron chi connectivity index (χ1n) is 21.4. The first-order chi connectivity index (χ1) is 32.2. The number of sulfonamides is 1. The van der Waals surface area contributed by atoms with Crippen LogP contribution in [0.15, 0.2) is 76.4 Å². The summed E-state index contributed by atoms with van der Waals surface area (Å²) in [7, 11) is -2.60. The first-order valence-corrected chi connectivity index (χ1v) is 23.9. The molecule has 0 saturated carbocycles. The molecule has 1 unspecified atom stereocenters. The van der Waals surface area contributed by atoms with Crippen LogP contribution in [0.5, 0.6) is 5.75 Å². The van der Waals surface area contributed by atoms with Crippen LogP contribution >= 0.6 is 22.6 Å². The number of piperidine rings is 1. The molecule has 2 aliphatic heterocycles. The van der Waals surface area contributed by atoms with Crippen molar-refractivity contribution < 1.29 is 60.4 Å². The highest BCUT2D eigenvalue weighted by atomic mass is 127. The molecule has 0 bridgehead atoms. The second-order valence-corrected chi connectivity index (χ2v) is 18.1. The number of carbonyl (C=O) groups excluding carboxylic acids is 4. The second-order valence-electron chi connectivity index (χ2n) is 15.2. The van der Waals surface area contributed by atoms with Crippen molar-refractivity contribution >= 4 is 73.4 Å². The van der Waals surface area contributed by atoms with Gasteiger partial charge in [-0.25, -0.2) is 12.8 Å². The molecule has 1 fully saturated rings. The lowest BCUT2D eigenvalue weighted by Crippen LogP contribution is -2.54. The number of hydrogen-bond donors (Lipinski definition) is 4. The zero-order chi connectivity index (χ0) is 47.9. The smallest absolute Gasteiger partial charge is 0.266 e. The van der Waals surface area contributed by atoms with E-state index in [4.69, 9.17) is 28.4 Å². The summed E-state index contributed by atoms with van der Waals surface area (Å²) in [6.07, 6.45) is 0.102. The third-order valence-electron chi connectivity index (χ3n) is 10.4. The van der Waals surface area contributed by atoms with Crippen molar-refractivity contribution in [2.75, 3.05) is 89.3 Å². The van der Waals surface area contributed by atoms with Gasteiger partial charge in [0, 0.05) is 35.7 Å². The highest BCUT2D eigenvalue weighted by Gasteiger charge is 2.46. The van der Waals surface area contributed by atoms with E-state index in [2.05, 4.69) is 20.7 Å². The molecule has 2 aliphatic rings. The van der Waals surface area contributed by atoms with Crippen molar-refractivity contribution in [1.29, 1.82) is 0 Å². The average Bonchev–Trinajstić information content (AvgIpc) is 3.55. The lowest BCUT2D eigenvalue weighted by Gasteiger charge is -2.27. The number of pyridine rings is 1. The Morgan fingerprint density at radius 1 is 0.776 bits per heavy atom. The van der Waals surface area contributed by atoms with Gasteiger partial charge in [0.2, 0.25) is 11.8 Å². The van der Waals surface area contributed by atoms with Crippen LogP contribution in [-0.2, 0) is 56.9 Å². The highest BCUT2D eigenvalue weighted by Crippen LogP contribution is 2.34. The molecule has 1 saturated heterocycles. The van der Waals surface area contributed by atoms with Crippen molar-refractivity contribution in [3.63, 3.8) is 0 Å². The summed E-state index contributed by atoms with van der Waals surface area (Å²) in [4.78, 5) is 63.6. The Morgan fingerprint density at radius 2 is 1.40 bits per heavy atom. The van der Waals surface area contributed by atoms with E-state index in [1.54, 1.807) is 37.3 Å². The summed E-state index contributed by atoms with van der Waals surface area (Å²) in [6.45, 7) is 6.30. The number of benzene rings is 3. The molecular weight excluding hydrogens is 1010 g/mol. The average molecular weight is 1060 g/mol. The van der Waals surface area contributed by atoms with Crippen LogP contribution in [0.4, 0.5) is 21.6 Å². The lowest BCUT2D eigenvalue weighted by atomic mass is 10.0. The molecule has 0 radical (unpaired) electrons. The standard InChI is InChI=1S/C45H52FIN6O13S/c1-29-26-36(41(52(2)43(29)56)49-35-11-8-31(47)27-34(35)46)51-67(59,60)32-9-6-30(7-10-32)28-48-14-15-61-16-17-62-18-19-63-20-21-64-22-23-65-24-25-66-38-5-3-4-33-40(38)45(58)53(44(33)57)37-12-13-39(54)50-42(37)55/h3-11,26-27,37,48-49,51H,12-25,28H2,1-2H3,(H,50,54,55). The molecule has 19 nitrogen and oxygen atoms in total. The molecule has 6 rings (SSSR count). The van der Waals surface area contributed by atoms with Crippen molar-refractivity contribution in [2.24, 2.45) is 7.05 Å². The van der Waals surface area contributed by atoms with Crippen LogP contribution in [-0.4, -0.2) is 127 Å². The molecule has 0 spiro atoms. The van der Waals surface area contributed by atoms with E-state index >= 15 is 0 Å². The van der Waals surface area contributed by atoms with Crippen LogP contribution in [0.3, 0.4) is 0 Å². The Balaban J connectivity index is 0.758. The summed E-state index contributed by atoms with van der Waals surface area (Å²) >= 11 is 1.98. The topological polar surface area (TPSA) is 231 Å². The van der Waals surface area contributed by atoms with E-state index in [0.29, 0.717) is 81.7 Å². The fourth-order valence-corrected chi connectivity index (χ4v) is 8.52. The van der Waals surface area contributed by atoms with Crippen molar-refractivity contribution in [3.05, 3.63) is 109 Å². The molecule has 1 atom stereocenters. The molecule has 3 aromatic carbocycles. The minimum Gasteiger partial charge on any atom is -0.490 e. The normalized spacial score (nSPS) is 14.9. The summed E-state index contributed by atoms with van der Waals surface area (Å²) in [5.41, 5.74) is 1.20. The number of nitrogens with one attached hydrogen (secondary N) is 4. The maximum atomic E-state index is 14.7. The fraction of sp³-hybridized carbons (Fsp3) is 0.400. The molecule has 1 aromatic heterocycles. The van der Waals surface area contributed by atoms with Gasteiger partial charge in [-0.05, 0) is 90.0 Å². The van der Waals surface area contributed by atoms with Crippen LogP contribution in [0.25, 0.3) is 0 Å². The van der Waals surface area contributed by atoms with Crippen molar-refractivity contribution in [2.45, 2.75) is 37.2 Å². The van der Waals surface area contributed by atoms with Gasteiger partial charge in [-0.2, -0.15) is 0 Å². The number of anilines is 3. The van der Waals surface area contributed by atoms with Gasteiger partial charge in [0.1, 0.15) is 30.0 Å². The SMILES string of the molecule is Cc1cc(NS(=O)(=O)c2ccc(CNCCOCCOCCOCCOCCOCCOc3cccc4c3C(=O)N(C3CCC(=O)NC3=O)C4=O)cc2)c(Nc2ccc(I)cc2F)n(C)c1=O. The van der Waals surface area contributed by atoms with Gasteiger partial charge in [0.05, 0.1) is 93.5 Å². The van der Waals surface area contributed by atoms with E-state index in [-0.39, 0.29) is 70.6 Å². The first kappa shape index (κ1) is 51.1. The van der Waals surface area contributed by atoms with Crippen LogP contribution in [0.2, 0.25) is 0 Å². The van der Waals surface area contributed by atoms with Crippen LogP contribution in [0, 0.1) is 16.3 Å². The van der Waals surface area contributed by atoms with Gasteiger partial charge >= 0.3 is 0 Å².